The SMILES string of the molecule is C=C(NC1CCc2c1ccc(C(=O)O)c2C)c1cc(C(=C)NCc2ccc(P)c(Nc3c(N)c(=O)c3=O)c2)n2c(O)cnc2n1. The van der Waals surface area contributed by atoms with E-state index < -0.39 is 16.8 Å². The third-order valence-corrected chi connectivity index (χ3v) is 8.68. The molecule has 2 aromatic heterocycles. The van der Waals surface area contributed by atoms with Gasteiger partial charge in [-0.1, -0.05) is 31.4 Å². The van der Waals surface area contributed by atoms with Gasteiger partial charge in [-0.05, 0) is 65.5 Å². The summed E-state index contributed by atoms with van der Waals surface area (Å²) >= 11 is 0. The van der Waals surface area contributed by atoms with Crippen LogP contribution < -0.4 is 37.8 Å². The van der Waals surface area contributed by atoms with Gasteiger partial charge in [0, 0.05) is 12.2 Å². The minimum atomic E-state index is -0.942. The Bertz CT molecular complexity index is 2140. The fraction of sp³-hybridized carbons (Fsp3) is 0.156. The smallest absolute Gasteiger partial charge is 0.335 e. The monoisotopic (exact) mass is 623 g/mol. The Morgan fingerprint density at radius 3 is 2.67 bits per heavy atom. The summed E-state index contributed by atoms with van der Waals surface area (Å²) < 4.78 is 1.47. The molecule has 5 aromatic rings. The van der Waals surface area contributed by atoms with Crippen molar-refractivity contribution in [3.8, 4) is 5.88 Å². The molecule has 1 aliphatic rings. The van der Waals surface area contributed by atoms with E-state index >= 15 is 0 Å². The van der Waals surface area contributed by atoms with E-state index in [4.69, 9.17) is 5.73 Å². The lowest BCUT2D eigenvalue weighted by molar-refractivity contribution is 0.0696. The third-order valence-electron chi connectivity index (χ3n) is 8.18. The molecule has 13 heteroatoms. The molecule has 0 fully saturated rings. The molecule has 6 rings (SSSR count). The summed E-state index contributed by atoms with van der Waals surface area (Å²) in [6.07, 6.45) is 2.82. The predicted molar refractivity (Wildman–Crippen MR) is 177 cm³/mol. The minimum absolute atomic E-state index is 0.0769. The number of aromatic nitrogens is 3. The number of nitrogens with one attached hydrogen (secondary N) is 3. The first-order chi connectivity index (χ1) is 21.4. The van der Waals surface area contributed by atoms with Crippen LogP contribution in [0.3, 0.4) is 0 Å². The van der Waals surface area contributed by atoms with Crippen molar-refractivity contribution < 1.29 is 15.0 Å². The lowest BCUT2D eigenvalue weighted by atomic mass is 9.98. The van der Waals surface area contributed by atoms with Gasteiger partial charge >= 0.3 is 5.97 Å². The van der Waals surface area contributed by atoms with E-state index in [9.17, 15) is 24.6 Å². The zero-order valence-corrected chi connectivity index (χ0v) is 25.4. The highest BCUT2D eigenvalue weighted by Gasteiger charge is 2.27. The zero-order chi connectivity index (χ0) is 32.2. The van der Waals surface area contributed by atoms with E-state index in [1.165, 1.54) is 10.6 Å². The van der Waals surface area contributed by atoms with Gasteiger partial charge in [-0.25, -0.2) is 19.2 Å². The number of rotatable bonds is 10. The lowest BCUT2D eigenvalue weighted by Gasteiger charge is -2.19. The predicted octanol–water partition coefficient (Wildman–Crippen LogP) is 2.87. The second-order valence-electron chi connectivity index (χ2n) is 10.9. The number of fused-ring (bicyclic) bond motifs is 2. The van der Waals surface area contributed by atoms with Crippen LogP contribution in [-0.2, 0) is 13.0 Å². The van der Waals surface area contributed by atoms with Gasteiger partial charge in [-0.15, -0.1) is 9.24 Å². The van der Waals surface area contributed by atoms with Gasteiger partial charge < -0.3 is 31.9 Å². The standard InChI is InChI=1S/C32H30N7O5P/c1-14-18-7-8-21(20(18)6-5-19(14)31(43)44)36-15(2)22-11-24(39-26(40)13-35-32(39)38-22)16(3)34-12-17-4-9-25(45)23(10-17)37-28-27(33)29(41)30(28)42/h4-6,9-11,13,21,34,36-37,40H,2-3,7-8,12,33,45H2,1H3,(H,43,44). The van der Waals surface area contributed by atoms with E-state index in [2.05, 4.69) is 48.3 Å². The number of aromatic hydroxyl groups is 1. The summed E-state index contributed by atoms with van der Waals surface area (Å²) in [4.78, 5) is 43.8. The van der Waals surface area contributed by atoms with Crippen LogP contribution in [0.5, 0.6) is 5.88 Å². The maximum atomic E-state index is 11.9. The Balaban J connectivity index is 1.22. The topological polar surface area (TPSA) is 184 Å². The molecule has 0 aliphatic heterocycles. The normalized spacial score (nSPS) is 14.0. The van der Waals surface area contributed by atoms with Crippen LogP contribution in [0.4, 0.5) is 17.1 Å². The molecule has 0 radical (unpaired) electrons. The number of carboxylic acid groups (broad SMARTS) is 1. The average molecular weight is 624 g/mol. The number of carbonyl (C=O) groups is 1. The molecule has 0 saturated carbocycles. The number of anilines is 3. The van der Waals surface area contributed by atoms with E-state index in [-0.39, 0.29) is 29.1 Å². The summed E-state index contributed by atoms with van der Waals surface area (Å²) in [5.74, 6) is -0.800. The van der Waals surface area contributed by atoms with Gasteiger partial charge in [-0.3, -0.25) is 9.59 Å². The zero-order valence-electron chi connectivity index (χ0n) is 24.3. The van der Waals surface area contributed by atoms with Gasteiger partial charge in [-0.2, -0.15) is 0 Å². The third kappa shape index (κ3) is 5.19. The molecule has 228 valence electrons. The Morgan fingerprint density at radius 2 is 1.93 bits per heavy atom. The van der Waals surface area contributed by atoms with Crippen LogP contribution in [0.25, 0.3) is 17.2 Å². The molecule has 0 spiro atoms. The largest absolute Gasteiger partial charge is 0.493 e. The minimum Gasteiger partial charge on any atom is -0.493 e. The number of imidazole rings is 1. The Kier molecular flexibility index (Phi) is 7.38. The van der Waals surface area contributed by atoms with Crippen LogP contribution in [0.15, 0.2) is 65.3 Å². The van der Waals surface area contributed by atoms with Crippen molar-refractivity contribution in [1.82, 2.24) is 25.0 Å². The van der Waals surface area contributed by atoms with Crippen molar-refractivity contribution >= 4 is 54.7 Å². The lowest BCUT2D eigenvalue weighted by Crippen LogP contribution is -2.36. The number of nitrogens with two attached hydrogens (primary N) is 1. The first-order valence-corrected chi connectivity index (χ1v) is 14.6. The second kappa shape index (κ2) is 11.2. The van der Waals surface area contributed by atoms with Crippen molar-refractivity contribution in [3.05, 3.63) is 115 Å². The molecule has 7 N–H and O–H groups in total. The Morgan fingerprint density at radius 1 is 1.16 bits per heavy atom. The van der Waals surface area contributed by atoms with Crippen molar-refractivity contribution in [1.29, 1.82) is 0 Å². The average Bonchev–Trinajstić information content (AvgIpc) is 3.62. The molecule has 2 unspecified atom stereocenters. The summed E-state index contributed by atoms with van der Waals surface area (Å²) in [6, 6.07) is 10.7. The Labute approximate surface area is 259 Å². The van der Waals surface area contributed by atoms with E-state index in [0.29, 0.717) is 40.6 Å². The molecule has 2 heterocycles. The number of nitrogen functional groups attached to an aromatic ring is 1. The highest BCUT2D eigenvalue weighted by Crippen LogP contribution is 2.36. The number of benzene rings is 2. The quantitative estimate of drug-likeness (QED) is 0.0993. The van der Waals surface area contributed by atoms with Crippen LogP contribution in [-0.4, -0.2) is 30.6 Å². The maximum absolute atomic E-state index is 11.9. The highest BCUT2D eigenvalue weighted by atomic mass is 31.0. The van der Waals surface area contributed by atoms with Crippen LogP contribution in [0.1, 0.15) is 56.5 Å². The van der Waals surface area contributed by atoms with Gasteiger partial charge in [0.25, 0.3) is 10.9 Å². The number of hydrogen-bond donors (Lipinski definition) is 6. The Hall–Kier alpha value is -5.48. The molecule has 0 amide bonds. The molecule has 2 atom stereocenters. The summed E-state index contributed by atoms with van der Waals surface area (Å²) in [5, 5.41) is 30.5. The van der Waals surface area contributed by atoms with Gasteiger partial charge in [0.1, 0.15) is 11.4 Å². The van der Waals surface area contributed by atoms with Crippen LogP contribution >= 0.6 is 9.24 Å². The molecule has 0 bridgehead atoms. The molecule has 1 aliphatic carbocycles. The van der Waals surface area contributed by atoms with Crippen molar-refractivity contribution in [2.75, 3.05) is 11.1 Å². The van der Waals surface area contributed by atoms with Crippen molar-refractivity contribution in [2.45, 2.75) is 32.4 Å². The molecular weight excluding hydrogens is 593 g/mol. The second-order valence-corrected chi connectivity index (χ2v) is 11.6. The van der Waals surface area contributed by atoms with Crippen molar-refractivity contribution in [2.24, 2.45) is 0 Å². The van der Waals surface area contributed by atoms with Crippen molar-refractivity contribution in [3.63, 3.8) is 0 Å². The van der Waals surface area contributed by atoms with Crippen LogP contribution in [0, 0.1) is 6.92 Å². The fourth-order valence-electron chi connectivity index (χ4n) is 5.69. The fourth-order valence-corrected chi connectivity index (χ4v) is 5.94. The number of carboxylic acids is 1. The summed E-state index contributed by atoms with van der Waals surface area (Å²) in [6.45, 7) is 10.6. The van der Waals surface area contributed by atoms with Crippen LogP contribution in [0.2, 0.25) is 0 Å². The number of nitrogens with zero attached hydrogens (tertiary/aromatic N) is 3. The highest BCUT2D eigenvalue weighted by molar-refractivity contribution is 7.28. The van der Waals surface area contributed by atoms with Gasteiger partial charge in [0.15, 0.2) is 0 Å². The number of hydrogen-bond acceptors (Lipinski definition) is 10. The molecule has 0 saturated heterocycles. The van der Waals surface area contributed by atoms with E-state index in [1.54, 1.807) is 12.1 Å². The number of aromatic carboxylic acids is 1. The first-order valence-electron chi connectivity index (χ1n) is 14.0. The summed E-state index contributed by atoms with van der Waals surface area (Å²) in [5.41, 5.74) is 10.9. The molecule has 12 nitrogen and oxygen atoms in total. The molecular formula is C32H30N7O5P. The van der Waals surface area contributed by atoms with Gasteiger partial charge in [0.2, 0.25) is 11.7 Å². The van der Waals surface area contributed by atoms with Gasteiger partial charge in [0.05, 0.1) is 40.6 Å². The maximum Gasteiger partial charge on any atom is 0.335 e. The van der Waals surface area contributed by atoms with E-state index in [0.717, 1.165) is 40.4 Å². The first kappa shape index (κ1) is 29.6. The van der Waals surface area contributed by atoms with E-state index in [1.807, 2.05) is 31.2 Å². The molecule has 3 aromatic carbocycles. The molecule has 45 heavy (non-hydrogen) atoms. The summed E-state index contributed by atoms with van der Waals surface area (Å²) in [7, 11) is 2.57.